The summed E-state index contributed by atoms with van der Waals surface area (Å²) in [6, 6.07) is 31.7. The Hall–Kier alpha value is -4.64. The van der Waals surface area contributed by atoms with E-state index in [0.717, 1.165) is 47.9 Å². The van der Waals surface area contributed by atoms with Crippen molar-refractivity contribution < 1.29 is 19.4 Å². The Morgan fingerprint density at radius 1 is 0.774 bits per heavy atom. The number of hydrogen-bond donors (Lipinski definition) is 2. The Kier molecular flexibility index (Phi) is 16.0. The average molecular weight is 871 g/mol. The van der Waals surface area contributed by atoms with Crippen LogP contribution in [-0.2, 0) is 16.2 Å². The van der Waals surface area contributed by atoms with E-state index in [0.29, 0.717) is 32.6 Å². The Bertz CT molecular complexity index is 2260. The molecular formula is C41H36N4O4S2Se2. The number of aromatic carboxylic acids is 1. The van der Waals surface area contributed by atoms with Gasteiger partial charge >= 0.3 is 280 Å². The molecule has 0 saturated heterocycles. The number of esters is 1. The molecular weight excluding hydrogens is 835 g/mol. The van der Waals surface area contributed by atoms with Crippen LogP contribution in [0.2, 0.25) is 0 Å². The molecule has 12 heteroatoms. The second-order valence-corrected chi connectivity index (χ2v) is 16.7. The summed E-state index contributed by atoms with van der Waals surface area (Å²) in [5.41, 5.74) is 7.69. The molecule has 0 atom stereocenters. The fourth-order valence-electron chi connectivity index (χ4n) is 4.67. The first-order chi connectivity index (χ1) is 25.6. The number of aromatic nitrogens is 2. The molecule has 0 amide bonds. The first kappa shape index (κ1) is 41.1. The molecule has 6 aromatic rings. The van der Waals surface area contributed by atoms with E-state index in [1.807, 2.05) is 86.6 Å². The predicted octanol–water partition coefficient (Wildman–Crippen LogP) is 9.92. The molecule has 0 fully saturated rings. The third-order valence-electron chi connectivity index (χ3n) is 7.41. The zero-order valence-electron chi connectivity index (χ0n) is 29.5. The van der Waals surface area contributed by atoms with Crippen LogP contribution in [-0.4, -0.2) is 62.6 Å². The van der Waals surface area contributed by atoms with E-state index in [-0.39, 0.29) is 35.0 Å². The van der Waals surface area contributed by atoms with E-state index in [2.05, 4.69) is 56.6 Å². The van der Waals surface area contributed by atoms with Crippen molar-refractivity contribution in [3.05, 3.63) is 157 Å². The summed E-state index contributed by atoms with van der Waals surface area (Å²) in [5, 5.41) is 9.20. The maximum absolute atomic E-state index is 11.8. The molecule has 0 aliphatic carbocycles. The molecule has 0 saturated carbocycles. The van der Waals surface area contributed by atoms with Gasteiger partial charge in [0.2, 0.25) is 0 Å². The van der Waals surface area contributed by atoms with E-state index in [9.17, 15) is 14.7 Å². The standard InChI is InChI=1S/C19H14N2O2SSe.C15H14N2O2Se.C7H8S/c1-12-17(19(22)23)25-18(21-12)14-8-9-16(15(10-14)20-2)24-11-13-6-4-3-5-7-13;1-5-19-15(18)13-10(3)17-14(20-13)11-7-6-9(2)12(8-11)16-4;8-6-7-4-2-1-3-5-7/h3-10H,11H2,1H3,(H,22,23);6-8H,5H2,1-3H3;1-5,8H,6H2. The monoisotopic (exact) mass is 872 g/mol. The van der Waals surface area contributed by atoms with Gasteiger partial charge in [-0.15, -0.1) is 0 Å². The van der Waals surface area contributed by atoms with Gasteiger partial charge in [-0.25, -0.2) is 0 Å². The van der Waals surface area contributed by atoms with Gasteiger partial charge in [-0.1, -0.05) is 30.3 Å². The van der Waals surface area contributed by atoms with E-state index in [1.165, 1.54) is 11.1 Å². The predicted molar refractivity (Wildman–Crippen MR) is 218 cm³/mol. The van der Waals surface area contributed by atoms with Crippen LogP contribution >= 0.6 is 24.4 Å². The van der Waals surface area contributed by atoms with Crippen molar-refractivity contribution in [2.75, 3.05) is 6.61 Å². The van der Waals surface area contributed by atoms with Gasteiger partial charge in [-0.2, -0.15) is 12.6 Å². The summed E-state index contributed by atoms with van der Waals surface area (Å²) in [4.78, 5) is 40.0. The number of thioether (sulfide) groups is 1. The summed E-state index contributed by atoms with van der Waals surface area (Å²) in [5.74, 6) is 0.455. The number of carbonyl (C=O) groups is 2. The Balaban J connectivity index is 0.000000199. The molecule has 0 radical (unpaired) electrons. The van der Waals surface area contributed by atoms with Crippen molar-refractivity contribution in [2.45, 2.75) is 44.1 Å². The van der Waals surface area contributed by atoms with Crippen LogP contribution < -0.4 is 0 Å². The SMILES string of the molecule is SCc1ccccc1.[C-]#[N+]c1cc(-c2nc(C)c(C(=O)O)[se]2)ccc1SCc1ccccc1.[C-]#[N+]c1cc(-c2nc(C)c(C(=O)OCC)[se]2)ccc1C. The molecule has 2 heterocycles. The number of carbonyl (C=O) groups excluding carboxylic acids is 1. The summed E-state index contributed by atoms with van der Waals surface area (Å²) >= 11 is 5.25. The van der Waals surface area contributed by atoms with E-state index in [1.54, 1.807) is 25.6 Å². The van der Waals surface area contributed by atoms with Crippen LogP contribution in [0.4, 0.5) is 11.4 Å². The molecule has 8 nitrogen and oxygen atoms in total. The number of carboxylic acids is 1. The quantitative estimate of drug-likeness (QED) is 0.0491. The first-order valence-electron chi connectivity index (χ1n) is 16.3. The molecule has 0 aliphatic heterocycles. The van der Waals surface area contributed by atoms with Gasteiger partial charge in [0, 0.05) is 5.75 Å². The topological polar surface area (TPSA) is 98.1 Å². The van der Waals surface area contributed by atoms with Gasteiger partial charge < -0.3 is 0 Å². The third-order valence-corrected chi connectivity index (χ3v) is 13.9. The normalized spacial score (nSPS) is 10.1. The number of thiol groups is 1. The van der Waals surface area contributed by atoms with Crippen LogP contribution in [0.5, 0.6) is 0 Å². The number of rotatable bonds is 9. The summed E-state index contributed by atoms with van der Waals surface area (Å²) in [6.45, 7) is 22.2. The van der Waals surface area contributed by atoms with Crippen LogP contribution in [0.15, 0.2) is 102 Å². The molecule has 0 unspecified atom stereocenters. The number of aryl methyl sites for hydroxylation is 3. The van der Waals surface area contributed by atoms with Crippen LogP contribution in [0.25, 0.3) is 30.0 Å². The van der Waals surface area contributed by atoms with Crippen molar-refractivity contribution in [3.8, 4) is 20.3 Å². The number of nitrogens with zero attached hydrogens (tertiary/aromatic N) is 4. The minimum absolute atomic E-state index is 0.162. The Labute approximate surface area is 331 Å². The summed E-state index contributed by atoms with van der Waals surface area (Å²) < 4.78 is 7.74. The van der Waals surface area contributed by atoms with Gasteiger partial charge in [0.05, 0.1) is 0 Å². The van der Waals surface area contributed by atoms with Crippen molar-refractivity contribution in [3.63, 3.8) is 0 Å². The van der Waals surface area contributed by atoms with Crippen LogP contribution in [0, 0.1) is 33.9 Å². The summed E-state index contributed by atoms with van der Waals surface area (Å²) in [6.07, 6.45) is 0. The van der Waals surface area contributed by atoms with Crippen molar-refractivity contribution in [1.82, 2.24) is 9.97 Å². The summed E-state index contributed by atoms with van der Waals surface area (Å²) in [7, 11) is 0. The third kappa shape index (κ3) is 11.7. The van der Waals surface area contributed by atoms with Gasteiger partial charge in [-0.05, 0) is 5.56 Å². The van der Waals surface area contributed by atoms with Crippen molar-refractivity contribution in [2.24, 2.45) is 0 Å². The molecule has 0 spiro atoms. The van der Waals surface area contributed by atoms with Crippen LogP contribution in [0.1, 0.15) is 53.5 Å². The molecule has 0 aliphatic rings. The van der Waals surface area contributed by atoms with Gasteiger partial charge in [0.15, 0.2) is 0 Å². The average Bonchev–Trinajstić information content (AvgIpc) is 3.78. The fourth-order valence-corrected chi connectivity index (χ4v) is 9.71. The fraction of sp³-hybridized carbons (Fsp3) is 0.171. The first-order valence-corrected chi connectivity index (χ1v) is 21.3. The van der Waals surface area contributed by atoms with E-state index >= 15 is 0 Å². The van der Waals surface area contributed by atoms with Crippen molar-refractivity contribution in [1.29, 1.82) is 0 Å². The molecule has 4 aromatic carbocycles. The molecule has 1 N–H and O–H groups in total. The number of benzene rings is 4. The van der Waals surface area contributed by atoms with E-state index in [4.69, 9.17) is 17.9 Å². The second kappa shape index (κ2) is 20.6. The Morgan fingerprint density at radius 2 is 1.30 bits per heavy atom. The van der Waals surface area contributed by atoms with E-state index < -0.39 is 5.97 Å². The molecule has 0 bridgehead atoms. The van der Waals surface area contributed by atoms with Gasteiger partial charge in [0.1, 0.15) is 0 Å². The zero-order chi connectivity index (χ0) is 38.3. The maximum atomic E-state index is 11.8. The second-order valence-electron chi connectivity index (χ2n) is 11.2. The molecule has 2 aromatic heterocycles. The van der Waals surface area contributed by atoms with Gasteiger partial charge in [-0.3, -0.25) is 0 Å². The molecule has 6 rings (SSSR count). The number of ether oxygens (including phenoxy) is 1. The van der Waals surface area contributed by atoms with Crippen molar-refractivity contribution >= 4 is 76.7 Å². The van der Waals surface area contributed by atoms with Crippen LogP contribution in [0.3, 0.4) is 0 Å². The molecule has 268 valence electrons. The Morgan fingerprint density at radius 3 is 1.81 bits per heavy atom. The van der Waals surface area contributed by atoms with Gasteiger partial charge in [0.25, 0.3) is 0 Å². The number of carboxylic acid groups (broad SMARTS) is 1. The molecule has 53 heavy (non-hydrogen) atoms. The number of hydrogen-bond acceptors (Lipinski definition) is 7. The minimum atomic E-state index is -0.906. The zero-order valence-corrected chi connectivity index (χ0v) is 34.6.